The van der Waals surface area contributed by atoms with Crippen LogP contribution in [-0.2, 0) is 9.59 Å². The molecule has 0 unspecified atom stereocenters. The molecule has 3 aromatic rings. The molecule has 1 aliphatic heterocycles. The fourth-order valence-electron chi connectivity index (χ4n) is 4.47. The van der Waals surface area contributed by atoms with Crippen LogP contribution in [0.2, 0.25) is 15.1 Å². The summed E-state index contributed by atoms with van der Waals surface area (Å²) in [6, 6.07) is 12.3. The van der Waals surface area contributed by atoms with Gasteiger partial charge in [-0.15, -0.1) is 11.3 Å². The maximum absolute atomic E-state index is 14.0. The van der Waals surface area contributed by atoms with Crippen LogP contribution in [0.1, 0.15) is 28.9 Å². The fraction of sp³-hybridized carbons (Fsp3) is 0.321. The van der Waals surface area contributed by atoms with Gasteiger partial charge in [-0.05, 0) is 49.1 Å². The first-order chi connectivity index (χ1) is 19.5. The summed E-state index contributed by atoms with van der Waals surface area (Å²) in [6.07, 6.45) is 0.893. The molecule has 0 atom stereocenters. The van der Waals surface area contributed by atoms with E-state index in [1.807, 2.05) is 12.1 Å². The SMILES string of the molecule is NC(=O)C1(N)CCN(C(=O)c2sc(-c3ccc(Cl)cc3Cl)c(-c3ccc(Cl)cc3)c2OCCCNC(=O)CO)CC1. The summed E-state index contributed by atoms with van der Waals surface area (Å²) >= 11 is 20.2. The minimum absolute atomic E-state index is 0.171. The van der Waals surface area contributed by atoms with Crippen LogP contribution in [0, 0.1) is 0 Å². The van der Waals surface area contributed by atoms with Crippen LogP contribution >= 0.6 is 46.1 Å². The van der Waals surface area contributed by atoms with Gasteiger partial charge in [-0.25, -0.2) is 0 Å². The molecular formula is C28H29Cl3N4O5S. The second-order valence-corrected chi connectivity index (χ2v) is 11.9. The lowest BCUT2D eigenvalue weighted by atomic mass is 9.88. The van der Waals surface area contributed by atoms with Crippen molar-refractivity contribution in [3.8, 4) is 27.3 Å². The van der Waals surface area contributed by atoms with Crippen molar-refractivity contribution in [3.05, 3.63) is 62.4 Å². The average Bonchev–Trinajstić information content (AvgIpc) is 3.32. The highest BCUT2D eigenvalue weighted by Crippen LogP contribution is 2.50. The van der Waals surface area contributed by atoms with Gasteiger partial charge in [0.1, 0.15) is 11.5 Å². The average molecular weight is 640 g/mol. The number of primary amides is 1. The molecule has 13 heteroatoms. The predicted octanol–water partition coefficient (Wildman–Crippen LogP) is 4.34. The molecule has 0 radical (unpaired) electrons. The summed E-state index contributed by atoms with van der Waals surface area (Å²) in [6.45, 7) is 0.333. The summed E-state index contributed by atoms with van der Waals surface area (Å²) < 4.78 is 6.27. The first-order valence-electron chi connectivity index (χ1n) is 12.8. The Morgan fingerprint density at radius 3 is 2.32 bits per heavy atom. The van der Waals surface area contributed by atoms with Crippen LogP contribution in [-0.4, -0.2) is 66.1 Å². The number of benzene rings is 2. The highest BCUT2D eigenvalue weighted by atomic mass is 35.5. The smallest absolute Gasteiger partial charge is 0.267 e. The molecule has 4 rings (SSSR count). The second kappa shape index (κ2) is 13.4. The number of likely N-dealkylation sites (tertiary alicyclic amines) is 1. The van der Waals surface area contributed by atoms with E-state index >= 15 is 0 Å². The number of aliphatic hydroxyl groups excluding tert-OH is 1. The molecule has 3 amide bonds. The molecule has 218 valence electrons. The lowest BCUT2D eigenvalue weighted by Crippen LogP contribution is -2.58. The van der Waals surface area contributed by atoms with Crippen LogP contribution < -0.4 is 21.5 Å². The summed E-state index contributed by atoms with van der Waals surface area (Å²) in [4.78, 5) is 39.9. The Balaban J connectivity index is 1.77. The van der Waals surface area contributed by atoms with Gasteiger partial charge in [0, 0.05) is 45.7 Å². The maximum Gasteiger partial charge on any atom is 0.267 e. The summed E-state index contributed by atoms with van der Waals surface area (Å²) in [5.41, 5.74) is 12.6. The molecule has 2 aromatic carbocycles. The van der Waals surface area contributed by atoms with Crippen molar-refractivity contribution >= 4 is 63.9 Å². The standard InChI is InChI=1S/C28H29Cl3N4O5S/c29-17-4-2-16(3-5-17)22-23(40-13-1-10-34-21(37)15-36)25(41-24(22)19-7-6-18(30)14-20(19)31)26(38)35-11-8-28(33,9-12-35)27(32)39/h2-7,14,36H,1,8-13,15,33H2,(H2,32,39)(H,34,37). The Morgan fingerprint density at radius 2 is 1.71 bits per heavy atom. The zero-order valence-electron chi connectivity index (χ0n) is 21.9. The minimum atomic E-state index is -1.17. The third-order valence-electron chi connectivity index (χ3n) is 6.83. The van der Waals surface area contributed by atoms with E-state index in [1.165, 1.54) is 11.3 Å². The number of hydrogen-bond acceptors (Lipinski definition) is 7. The largest absolute Gasteiger partial charge is 0.491 e. The Bertz CT molecular complexity index is 1440. The lowest BCUT2D eigenvalue weighted by molar-refractivity contribution is -0.125. The molecule has 1 fully saturated rings. The van der Waals surface area contributed by atoms with Crippen molar-refractivity contribution in [1.82, 2.24) is 10.2 Å². The number of carbonyl (C=O) groups is 3. The summed E-state index contributed by atoms with van der Waals surface area (Å²) in [5, 5.41) is 12.9. The number of amides is 3. The van der Waals surface area contributed by atoms with Gasteiger partial charge in [-0.2, -0.15) is 0 Å². The molecule has 0 spiro atoms. The Hall–Kier alpha value is -2.86. The number of piperidine rings is 1. The van der Waals surface area contributed by atoms with Crippen molar-refractivity contribution in [3.63, 3.8) is 0 Å². The topological polar surface area (TPSA) is 148 Å². The number of nitrogens with two attached hydrogens (primary N) is 2. The zero-order chi connectivity index (χ0) is 29.7. The molecule has 1 saturated heterocycles. The third kappa shape index (κ3) is 7.14. The number of rotatable bonds is 10. The number of halogens is 3. The van der Waals surface area contributed by atoms with Crippen molar-refractivity contribution in [2.45, 2.75) is 24.8 Å². The maximum atomic E-state index is 14.0. The first-order valence-corrected chi connectivity index (χ1v) is 14.8. The number of nitrogens with one attached hydrogen (secondary N) is 1. The van der Waals surface area contributed by atoms with Crippen molar-refractivity contribution in [1.29, 1.82) is 0 Å². The Labute approximate surface area is 256 Å². The lowest BCUT2D eigenvalue weighted by Gasteiger charge is -2.36. The van der Waals surface area contributed by atoms with E-state index in [-0.39, 0.29) is 45.0 Å². The van der Waals surface area contributed by atoms with Gasteiger partial charge < -0.3 is 31.5 Å². The Morgan fingerprint density at radius 1 is 1.05 bits per heavy atom. The number of thiophene rings is 1. The highest BCUT2D eigenvalue weighted by Gasteiger charge is 2.39. The van der Waals surface area contributed by atoms with Crippen LogP contribution in [0.5, 0.6) is 5.75 Å². The minimum Gasteiger partial charge on any atom is -0.491 e. The molecule has 0 saturated carbocycles. The molecule has 0 aliphatic carbocycles. The van der Waals surface area contributed by atoms with Crippen LogP contribution in [0.25, 0.3) is 21.6 Å². The molecule has 9 nitrogen and oxygen atoms in total. The zero-order valence-corrected chi connectivity index (χ0v) is 25.0. The van der Waals surface area contributed by atoms with E-state index < -0.39 is 24.0 Å². The molecule has 2 heterocycles. The van der Waals surface area contributed by atoms with Crippen molar-refractivity contribution in [2.75, 3.05) is 32.8 Å². The van der Waals surface area contributed by atoms with Gasteiger partial charge in [-0.1, -0.05) is 53.0 Å². The molecule has 6 N–H and O–H groups in total. The van der Waals surface area contributed by atoms with Crippen molar-refractivity contribution in [2.24, 2.45) is 11.5 Å². The first kappa shape index (κ1) is 31.1. The predicted molar refractivity (Wildman–Crippen MR) is 162 cm³/mol. The number of carbonyl (C=O) groups excluding carboxylic acids is 3. The van der Waals surface area contributed by atoms with Gasteiger partial charge in [0.25, 0.3) is 5.91 Å². The van der Waals surface area contributed by atoms with E-state index in [9.17, 15) is 14.4 Å². The number of nitrogens with zero attached hydrogens (tertiary/aromatic N) is 1. The number of ether oxygens (including phenoxy) is 1. The summed E-state index contributed by atoms with van der Waals surface area (Å²) in [7, 11) is 0. The van der Waals surface area contributed by atoms with Crippen molar-refractivity contribution < 1.29 is 24.2 Å². The normalized spacial score (nSPS) is 14.5. The van der Waals surface area contributed by atoms with Gasteiger partial charge in [-0.3, -0.25) is 14.4 Å². The molecular weight excluding hydrogens is 611 g/mol. The molecule has 1 aromatic heterocycles. The van der Waals surface area contributed by atoms with Gasteiger partial charge >= 0.3 is 0 Å². The van der Waals surface area contributed by atoms with E-state index in [4.69, 9.17) is 56.1 Å². The van der Waals surface area contributed by atoms with E-state index in [0.29, 0.717) is 48.1 Å². The number of hydrogen-bond donors (Lipinski definition) is 4. The monoisotopic (exact) mass is 638 g/mol. The summed E-state index contributed by atoms with van der Waals surface area (Å²) in [5.74, 6) is -1.01. The van der Waals surface area contributed by atoms with Crippen LogP contribution in [0.3, 0.4) is 0 Å². The molecule has 41 heavy (non-hydrogen) atoms. The molecule has 1 aliphatic rings. The quantitative estimate of drug-likeness (QED) is 0.243. The highest BCUT2D eigenvalue weighted by molar-refractivity contribution is 7.18. The third-order valence-corrected chi connectivity index (χ3v) is 8.83. The van der Waals surface area contributed by atoms with E-state index in [1.54, 1.807) is 35.2 Å². The molecule has 0 bridgehead atoms. The number of aliphatic hydroxyl groups is 1. The van der Waals surface area contributed by atoms with Crippen LogP contribution in [0.4, 0.5) is 0 Å². The van der Waals surface area contributed by atoms with Crippen LogP contribution in [0.15, 0.2) is 42.5 Å². The van der Waals surface area contributed by atoms with Gasteiger partial charge in [0.05, 0.1) is 17.2 Å². The van der Waals surface area contributed by atoms with Gasteiger partial charge in [0.15, 0.2) is 5.75 Å². The Kier molecular flexibility index (Phi) is 10.2. The van der Waals surface area contributed by atoms with Gasteiger partial charge in [0.2, 0.25) is 11.8 Å². The second-order valence-electron chi connectivity index (χ2n) is 9.62. The fourth-order valence-corrected chi connectivity index (χ4v) is 6.43. The van der Waals surface area contributed by atoms with E-state index in [0.717, 1.165) is 5.56 Å². The van der Waals surface area contributed by atoms with E-state index in [2.05, 4.69) is 5.32 Å².